The minimum atomic E-state index is -0.240. The Hall–Kier alpha value is -0.610. The first-order valence-corrected chi connectivity index (χ1v) is 8.36. The fourth-order valence-electron chi connectivity index (χ4n) is 3.32. The average molecular weight is 358 g/mol. The fraction of sp³-hybridized carbons (Fsp3) is 0.533. The number of benzene rings is 1. The van der Waals surface area contributed by atoms with Crippen molar-refractivity contribution in [3.8, 4) is 0 Å². The SMILES string of the molecule is Fc1cc2c(cc1Br)nc(CCl)n2CC1(C2CC2)CC1. The van der Waals surface area contributed by atoms with Crippen LogP contribution in [0.15, 0.2) is 16.6 Å². The predicted molar refractivity (Wildman–Crippen MR) is 81.3 cm³/mol. The first kappa shape index (κ1) is 13.1. The van der Waals surface area contributed by atoms with Crippen LogP contribution in [0.5, 0.6) is 0 Å². The van der Waals surface area contributed by atoms with Crippen molar-refractivity contribution in [3.63, 3.8) is 0 Å². The van der Waals surface area contributed by atoms with Gasteiger partial charge in [0, 0.05) is 12.6 Å². The zero-order chi connectivity index (χ0) is 13.9. The van der Waals surface area contributed by atoms with Gasteiger partial charge in [0.05, 0.1) is 21.4 Å². The summed E-state index contributed by atoms with van der Waals surface area (Å²) in [6, 6.07) is 3.32. The lowest BCUT2D eigenvalue weighted by Crippen LogP contribution is -2.15. The quantitative estimate of drug-likeness (QED) is 0.714. The summed E-state index contributed by atoms with van der Waals surface area (Å²) in [4.78, 5) is 4.56. The topological polar surface area (TPSA) is 17.8 Å². The van der Waals surface area contributed by atoms with Gasteiger partial charge in [-0.2, -0.15) is 0 Å². The molecular formula is C15H15BrClFN2. The summed E-state index contributed by atoms with van der Waals surface area (Å²) in [6.45, 7) is 0.942. The van der Waals surface area contributed by atoms with E-state index in [1.807, 2.05) is 0 Å². The summed E-state index contributed by atoms with van der Waals surface area (Å²) < 4.78 is 16.4. The molecule has 4 rings (SSSR count). The van der Waals surface area contributed by atoms with Gasteiger partial charge >= 0.3 is 0 Å². The molecule has 0 spiro atoms. The Bertz CT molecular complexity index is 689. The molecule has 2 nitrogen and oxygen atoms in total. The van der Waals surface area contributed by atoms with E-state index in [1.165, 1.54) is 25.7 Å². The lowest BCUT2D eigenvalue weighted by atomic mass is 10.0. The van der Waals surface area contributed by atoms with Crippen LogP contribution >= 0.6 is 27.5 Å². The zero-order valence-corrected chi connectivity index (χ0v) is 13.3. The van der Waals surface area contributed by atoms with E-state index in [4.69, 9.17) is 11.6 Å². The monoisotopic (exact) mass is 356 g/mol. The van der Waals surface area contributed by atoms with Gasteiger partial charge in [-0.1, -0.05) is 0 Å². The highest BCUT2D eigenvalue weighted by Gasteiger charge is 2.54. The molecule has 5 heteroatoms. The average Bonchev–Trinajstić information content (AvgIpc) is 3.30. The van der Waals surface area contributed by atoms with Crippen LogP contribution in [0.2, 0.25) is 0 Å². The van der Waals surface area contributed by atoms with E-state index in [2.05, 4.69) is 25.5 Å². The van der Waals surface area contributed by atoms with Gasteiger partial charge in [0.15, 0.2) is 0 Å². The number of aromatic nitrogens is 2. The van der Waals surface area contributed by atoms with Crippen LogP contribution < -0.4 is 0 Å². The highest BCUT2D eigenvalue weighted by atomic mass is 79.9. The first-order chi connectivity index (χ1) is 9.63. The molecule has 0 aliphatic heterocycles. The minimum absolute atomic E-state index is 0.240. The number of halogens is 3. The third-order valence-corrected chi connectivity index (χ3v) is 5.64. The zero-order valence-electron chi connectivity index (χ0n) is 11.0. The van der Waals surface area contributed by atoms with Gasteiger partial charge in [-0.15, -0.1) is 11.6 Å². The van der Waals surface area contributed by atoms with E-state index in [0.29, 0.717) is 15.8 Å². The molecule has 1 heterocycles. The van der Waals surface area contributed by atoms with Crippen molar-refractivity contribution in [2.75, 3.05) is 0 Å². The summed E-state index contributed by atoms with van der Waals surface area (Å²) in [7, 11) is 0. The van der Waals surface area contributed by atoms with Crippen LogP contribution in [-0.2, 0) is 12.4 Å². The first-order valence-electron chi connectivity index (χ1n) is 7.03. The molecule has 0 saturated heterocycles. The maximum absolute atomic E-state index is 13.8. The molecule has 0 atom stereocenters. The number of fused-ring (bicyclic) bond motifs is 1. The smallest absolute Gasteiger partial charge is 0.139 e. The van der Waals surface area contributed by atoms with Crippen LogP contribution in [0.4, 0.5) is 4.39 Å². The van der Waals surface area contributed by atoms with Crippen molar-refractivity contribution in [3.05, 3.63) is 28.2 Å². The third-order valence-electron chi connectivity index (χ3n) is 4.80. The fourth-order valence-corrected chi connectivity index (χ4v) is 3.85. The molecule has 0 radical (unpaired) electrons. The van der Waals surface area contributed by atoms with Crippen LogP contribution in [-0.4, -0.2) is 9.55 Å². The van der Waals surface area contributed by atoms with Crippen LogP contribution in [0.3, 0.4) is 0 Å². The van der Waals surface area contributed by atoms with Crippen LogP contribution in [0.25, 0.3) is 11.0 Å². The van der Waals surface area contributed by atoms with E-state index in [0.717, 1.165) is 29.3 Å². The van der Waals surface area contributed by atoms with Gasteiger partial charge in [0.1, 0.15) is 11.6 Å². The summed E-state index contributed by atoms with van der Waals surface area (Å²) in [5.41, 5.74) is 2.13. The Morgan fingerprint density at radius 2 is 2.15 bits per heavy atom. The Labute approximate surface area is 130 Å². The van der Waals surface area contributed by atoms with Gasteiger partial charge in [-0.05, 0) is 59.0 Å². The Balaban J connectivity index is 1.81. The number of nitrogens with zero attached hydrogens (tertiary/aromatic N) is 2. The Kier molecular flexibility index (Phi) is 2.90. The number of hydrogen-bond donors (Lipinski definition) is 0. The molecule has 106 valence electrons. The summed E-state index contributed by atoms with van der Waals surface area (Å²) >= 11 is 9.26. The molecule has 2 fully saturated rings. The highest BCUT2D eigenvalue weighted by molar-refractivity contribution is 9.10. The molecule has 20 heavy (non-hydrogen) atoms. The molecule has 1 aromatic carbocycles. The van der Waals surface area contributed by atoms with Crippen molar-refractivity contribution >= 4 is 38.6 Å². The molecule has 0 amide bonds. The number of alkyl halides is 1. The van der Waals surface area contributed by atoms with E-state index in [9.17, 15) is 4.39 Å². The van der Waals surface area contributed by atoms with E-state index >= 15 is 0 Å². The molecule has 2 aliphatic rings. The van der Waals surface area contributed by atoms with Crippen molar-refractivity contribution in [2.24, 2.45) is 11.3 Å². The second-order valence-corrected chi connectivity index (χ2v) is 7.26. The van der Waals surface area contributed by atoms with Crippen LogP contribution in [0.1, 0.15) is 31.5 Å². The van der Waals surface area contributed by atoms with Gasteiger partial charge in [0.2, 0.25) is 0 Å². The van der Waals surface area contributed by atoms with E-state index < -0.39 is 0 Å². The molecule has 0 N–H and O–H groups in total. The van der Waals surface area contributed by atoms with Crippen molar-refractivity contribution in [1.82, 2.24) is 9.55 Å². The lowest BCUT2D eigenvalue weighted by molar-refractivity contribution is 0.370. The molecule has 0 unspecified atom stereocenters. The maximum Gasteiger partial charge on any atom is 0.139 e. The van der Waals surface area contributed by atoms with Gasteiger partial charge < -0.3 is 4.57 Å². The third kappa shape index (κ3) is 2.00. The Morgan fingerprint density at radius 1 is 1.40 bits per heavy atom. The molecule has 0 bridgehead atoms. The predicted octanol–water partition coefficient (Wildman–Crippen LogP) is 4.87. The normalized spacial score (nSPS) is 20.6. The summed E-state index contributed by atoms with van der Waals surface area (Å²) in [5.74, 6) is 1.85. The number of imidazole rings is 1. The standard InChI is InChI=1S/C15H15BrClFN2/c16-10-5-12-13(6-11(10)18)20(14(7-17)19-12)8-15(3-4-15)9-1-2-9/h5-6,9H,1-4,7-8H2. The second-order valence-electron chi connectivity index (χ2n) is 6.14. The van der Waals surface area contributed by atoms with E-state index in [1.54, 1.807) is 12.1 Å². The summed E-state index contributed by atoms with van der Waals surface area (Å²) in [6.07, 6.45) is 5.28. The molecule has 1 aromatic heterocycles. The molecule has 2 saturated carbocycles. The largest absolute Gasteiger partial charge is 0.326 e. The van der Waals surface area contributed by atoms with E-state index in [-0.39, 0.29) is 5.82 Å². The second kappa shape index (κ2) is 4.44. The van der Waals surface area contributed by atoms with Gasteiger partial charge in [0.25, 0.3) is 0 Å². The lowest BCUT2D eigenvalue weighted by Gasteiger charge is -2.17. The Morgan fingerprint density at radius 3 is 2.75 bits per heavy atom. The van der Waals surface area contributed by atoms with Crippen molar-refractivity contribution in [1.29, 1.82) is 0 Å². The minimum Gasteiger partial charge on any atom is -0.326 e. The van der Waals surface area contributed by atoms with Gasteiger partial charge in [-0.3, -0.25) is 0 Å². The summed E-state index contributed by atoms with van der Waals surface area (Å²) in [5, 5.41) is 0. The molecule has 2 aliphatic carbocycles. The van der Waals surface area contributed by atoms with Crippen molar-refractivity contribution < 1.29 is 4.39 Å². The molecule has 2 aromatic rings. The highest BCUT2D eigenvalue weighted by Crippen LogP contribution is 2.62. The van der Waals surface area contributed by atoms with Crippen LogP contribution in [0, 0.1) is 17.2 Å². The number of rotatable bonds is 4. The number of hydrogen-bond acceptors (Lipinski definition) is 1. The van der Waals surface area contributed by atoms with Gasteiger partial charge in [-0.25, -0.2) is 9.37 Å². The maximum atomic E-state index is 13.8. The van der Waals surface area contributed by atoms with Crippen molar-refractivity contribution in [2.45, 2.75) is 38.1 Å². The molecular weight excluding hydrogens is 343 g/mol.